The van der Waals surface area contributed by atoms with Crippen LogP contribution in [-0.4, -0.2) is 12.1 Å². The van der Waals surface area contributed by atoms with Gasteiger partial charge in [0.25, 0.3) is 0 Å². The lowest BCUT2D eigenvalue weighted by Crippen LogP contribution is -2.12. The quantitative estimate of drug-likeness (QED) is 0.913. The first kappa shape index (κ1) is 13.9. The number of ether oxygens (including phenoxy) is 1. The van der Waals surface area contributed by atoms with Gasteiger partial charge >= 0.3 is 0 Å². The van der Waals surface area contributed by atoms with E-state index >= 15 is 0 Å². The number of hydrogen-bond donors (Lipinski definition) is 1. The number of halogens is 1. The van der Waals surface area contributed by atoms with Crippen LogP contribution < -0.4 is 10.1 Å². The van der Waals surface area contributed by atoms with Crippen molar-refractivity contribution < 1.29 is 9.15 Å². The highest BCUT2D eigenvalue weighted by atomic mass is 35.5. The molecule has 5 heteroatoms. The van der Waals surface area contributed by atoms with E-state index in [0.29, 0.717) is 29.8 Å². The number of rotatable bonds is 5. The van der Waals surface area contributed by atoms with Crippen LogP contribution in [0.15, 0.2) is 22.6 Å². The topological polar surface area (TPSA) is 47.3 Å². The second-order valence-electron chi connectivity index (χ2n) is 4.32. The summed E-state index contributed by atoms with van der Waals surface area (Å²) < 4.78 is 10.6. The first-order chi connectivity index (χ1) is 9.10. The first-order valence-corrected chi connectivity index (χ1v) is 6.44. The van der Waals surface area contributed by atoms with E-state index in [2.05, 4.69) is 10.3 Å². The fraction of sp³-hybridized carbons (Fsp3) is 0.357. The van der Waals surface area contributed by atoms with Crippen LogP contribution in [0.1, 0.15) is 22.9 Å². The minimum absolute atomic E-state index is 0.596. The lowest BCUT2D eigenvalue weighted by Gasteiger charge is -2.06. The van der Waals surface area contributed by atoms with Crippen molar-refractivity contribution in [1.29, 1.82) is 0 Å². The molecule has 0 aliphatic rings. The largest absolute Gasteiger partial charge is 0.495 e. The maximum absolute atomic E-state index is 6.07. The molecule has 0 saturated carbocycles. The molecule has 0 aliphatic carbocycles. The molecule has 0 bridgehead atoms. The monoisotopic (exact) mass is 280 g/mol. The normalized spacial score (nSPS) is 10.7. The number of nitrogens with one attached hydrogen (secondary N) is 1. The Kier molecular flexibility index (Phi) is 4.45. The van der Waals surface area contributed by atoms with Gasteiger partial charge in [-0.3, -0.25) is 0 Å². The van der Waals surface area contributed by atoms with E-state index in [1.54, 1.807) is 7.11 Å². The van der Waals surface area contributed by atoms with Gasteiger partial charge in [0.2, 0.25) is 5.89 Å². The van der Waals surface area contributed by atoms with Crippen LogP contribution in [0.5, 0.6) is 5.75 Å². The van der Waals surface area contributed by atoms with Crippen molar-refractivity contribution >= 4 is 11.6 Å². The Balaban J connectivity index is 1.90. The van der Waals surface area contributed by atoms with Gasteiger partial charge in [0.05, 0.1) is 24.4 Å². The third-order valence-corrected chi connectivity index (χ3v) is 3.19. The van der Waals surface area contributed by atoms with E-state index in [-0.39, 0.29) is 0 Å². The fourth-order valence-electron chi connectivity index (χ4n) is 1.75. The number of nitrogens with zero attached hydrogens (tertiary/aromatic N) is 1. The summed E-state index contributed by atoms with van der Waals surface area (Å²) in [5.74, 6) is 2.25. The van der Waals surface area contributed by atoms with E-state index in [1.807, 2.05) is 32.0 Å². The fourth-order valence-corrected chi connectivity index (χ4v) is 2.03. The number of aryl methyl sites for hydroxylation is 2. The summed E-state index contributed by atoms with van der Waals surface area (Å²) in [7, 11) is 1.60. The summed E-state index contributed by atoms with van der Waals surface area (Å²) in [6.45, 7) is 5.14. The molecule has 1 aromatic carbocycles. The van der Waals surface area contributed by atoms with Gasteiger partial charge < -0.3 is 14.5 Å². The second kappa shape index (κ2) is 6.08. The lowest BCUT2D eigenvalue weighted by atomic mass is 10.2. The van der Waals surface area contributed by atoms with Crippen molar-refractivity contribution in [3.8, 4) is 5.75 Å². The van der Waals surface area contributed by atoms with Crippen LogP contribution in [0.3, 0.4) is 0 Å². The molecule has 2 rings (SSSR count). The molecule has 0 unspecified atom stereocenters. The number of oxazole rings is 1. The third-order valence-electron chi connectivity index (χ3n) is 2.89. The van der Waals surface area contributed by atoms with Crippen molar-refractivity contribution in [3.63, 3.8) is 0 Å². The summed E-state index contributed by atoms with van der Waals surface area (Å²) in [4.78, 5) is 4.31. The van der Waals surface area contributed by atoms with Crippen LogP contribution in [0.25, 0.3) is 0 Å². The molecule has 0 spiro atoms. The van der Waals surface area contributed by atoms with Crippen molar-refractivity contribution in [2.75, 3.05) is 7.11 Å². The molecule has 1 aromatic heterocycles. The first-order valence-electron chi connectivity index (χ1n) is 6.06. The van der Waals surface area contributed by atoms with Crippen molar-refractivity contribution in [1.82, 2.24) is 10.3 Å². The third kappa shape index (κ3) is 3.49. The van der Waals surface area contributed by atoms with Crippen LogP contribution >= 0.6 is 11.6 Å². The molecule has 0 saturated heterocycles. The van der Waals surface area contributed by atoms with Gasteiger partial charge in [0.15, 0.2) is 0 Å². The zero-order valence-corrected chi connectivity index (χ0v) is 12.0. The molecule has 102 valence electrons. The highest BCUT2D eigenvalue weighted by molar-refractivity contribution is 6.32. The van der Waals surface area contributed by atoms with E-state index in [9.17, 15) is 0 Å². The summed E-state index contributed by atoms with van der Waals surface area (Å²) in [5.41, 5.74) is 2.02. The molecule has 0 amide bonds. The average molecular weight is 281 g/mol. The van der Waals surface area contributed by atoms with Gasteiger partial charge in [-0.1, -0.05) is 17.7 Å². The molecular weight excluding hydrogens is 264 g/mol. The van der Waals surface area contributed by atoms with Gasteiger partial charge in [-0.2, -0.15) is 0 Å². The van der Waals surface area contributed by atoms with Crippen molar-refractivity contribution in [2.45, 2.75) is 26.9 Å². The molecule has 2 aromatic rings. The zero-order chi connectivity index (χ0) is 13.8. The molecule has 0 fully saturated rings. The van der Waals surface area contributed by atoms with Crippen molar-refractivity contribution in [2.24, 2.45) is 0 Å². The predicted octanol–water partition coefficient (Wildman–Crippen LogP) is 3.24. The molecular formula is C14H17ClN2O2. The molecule has 1 heterocycles. The average Bonchev–Trinajstić information content (AvgIpc) is 2.69. The smallest absolute Gasteiger partial charge is 0.208 e. The number of hydrogen-bond acceptors (Lipinski definition) is 4. The lowest BCUT2D eigenvalue weighted by molar-refractivity contribution is 0.414. The Morgan fingerprint density at radius 2 is 2.11 bits per heavy atom. The number of benzene rings is 1. The Morgan fingerprint density at radius 1 is 1.32 bits per heavy atom. The molecule has 1 N–H and O–H groups in total. The summed E-state index contributed by atoms with van der Waals surface area (Å²) in [6.07, 6.45) is 0. The SMILES string of the molecule is COc1ccc(CNCc2nc(C)c(C)o2)cc1Cl. The Labute approximate surface area is 117 Å². The molecule has 19 heavy (non-hydrogen) atoms. The van der Waals surface area contributed by atoms with Crippen LogP contribution in [-0.2, 0) is 13.1 Å². The Bertz CT molecular complexity index is 547. The summed E-state index contributed by atoms with van der Waals surface area (Å²) in [6, 6.07) is 5.72. The van der Waals surface area contributed by atoms with Crippen LogP contribution in [0, 0.1) is 13.8 Å². The predicted molar refractivity (Wildman–Crippen MR) is 74.5 cm³/mol. The van der Waals surface area contributed by atoms with Crippen molar-refractivity contribution in [3.05, 3.63) is 46.1 Å². The minimum Gasteiger partial charge on any atom is -0.495 e. The molecule has 0 aliphatic heterocycles. The van der Waals surface area contributed by atoms with E-state index in [0.717, 1.165) is 17.0 Å². The highest BCUT2D eigenvalue weighted by Gasteiger charge is 2.05. The minimum atomic E-state index is 0.596. The van der Waals surface area contributed by atoms with Gasteiger partial charge in [0, 0.05) is 6.54 Å². The van der Waals surface area contributed by atoms with Gasteiger partial charge in [-0.15, -0.1) is 0 Å². The zero-order valence-electron chi connectivity index (χ0n) is 11.3. The van der Waals surface area contributed by atoms with Gasteiger partial charge in [-0.25, -0.2) is 4.98 Å². The van der Waals surface area contributed by atoms with Gasteiger partial charge in [0.1, 0.15) is 11.5 Å². The summed E-state index contributed by atoms with van der Waals surface area (Å²) in [5, 5.41) is 3.88. The highest BCUT2D eigenvalue weighted by Crippen LogP contribution is 2.24. The van der Waals surface area contributed by atoms with Crippen LogP contribution in [0.2, 0.25) is 5.02 Å². The summed E-state index contributed by atoms with van der Waals surface area (Å²) >= 11 is 6.07. The Hall–Kier alpha value is -1.52. The number of methoxy groups -OCH3 is 1. The molecule has 0 atom stereocenters. The number of aromatic nitrogens is 1. The maximum atomic E-state index is 6.07. The van der Waals surface area contributed by atoms with E-state index < -0.39 is 0 Å². The van der Waals surface area contributed by atoms with Crippen LogP contribution in [0.4, 0.5) is 0 Å². The molecule has 4 nitrogen and oxygen atoms in total. The second-order valence-corrected chi connectivity index (χ2v) is 4.73. The maximum Gasteiger partial charge on any atom is 0.208 e. The van der Waals surface area contributed by atoms with E-state index in [4.69, 9.17) is 20.8 Å². The van der Waals surface area contributed by atoms with E-state index in [1.165, 1.54) is 0 Å². The molecule has 0 radical (unpaired) electrons. The van der Waals surface area contributed by atoms with Gasteiger partial charge in [-0.05, 0) is 31.5 Å². The Morgan fingerprint density at radius 3 is 2.68 bits per heavy atom. The standard InChI is InChI=1S/C14H17ClN2O2/c1-9-10(2)19-14(17-9)8-16-7-11-4-5-13(18-3)12(15)6-11/h4-6,16H,7-8H2,1-3H3.